The van der Waals surface area contributed by atoms with Gasteiger partial charge in [0.15, 0.2) is 5.78 Å². The third-order valence-electron chi connectivity index (χ3n) is 4.35. The van der Waals surface area contributed by atoms with E-state index in [1.165, 1.54) is 10.6 Å². The van der Waals surface area contributed by atoms with Crippen LogP contribution in [0.1, 0.15) is 35.2 Å². The first-order chi connectivity index (χ1) is 9.79. The highest BCUT2D eigenvalue weighted by Crippen LogP contribution is 2.39. The molecule has 21 heavy (non-hydrogen) atoms. The van der Waals surface area contributed by atoms with Crippen molar-refractivity contribution >= 4 is 15.8 Å². The van der Waals surface area contributed by atoms with Crippen LogP contribution in [0.3, 0.4) is 0 Å². The summed E-state index contributed by atoms with van der Waals surface area (Å²) in [6.45, 7) is 2.77. The second kappa shape index (κ2) is 4.81. The van der Waals surface area contributed by atoms with Crippen molar-refractivity contribution in [2.75, 3.05) is 19.3 Å². The molecule has 2 heterocycles. The molecule has 1 aromatic rings. The number of aryl methyl sites for hydroxylation is 1. The molecule has 0 atom stereocenters. The standard InChI is InChI=1S/C15H19NO4S/c1-11-3-4-14-12(9-11)13(17)10-15(20-14)5-7-16(8-6-15)21(2,18)19/h3-4,9H,5-8,10H2,1-2H3. The molecule has 5 nitrogen and oxygen atoms in total. The van der Waals surface area contributed by atoms with Crippen LogP contribution >= 0.6 is 0 Å². The molecule has 0 N–H and O–H groups in total. The molecule has 3 rings (SSSR count). The zero-order chi connectivity index (χ0) is 15.3. The van der Waals surface area contributed by atoms with E-state index in [0.29, 0.717) is 43.7 Å². The normalized spacial score (nSPS) is 21.9. The number of carbonyl (C=O) groups is 1. The summed E-state index contributed by atoms with van der Waals surface area (Å²) < 4.78 is 30.7. The van der Waals surface area contributed by atoms with E-state index in [1.54, 1.807) is 0 Å². The number of fused-ring (bicyclic) bond motifs is 1. The molecule has 1 spiro atoms. The van der Waals surface area contributed by atoms with Gasteiger partial charge in [0.2, 0.25) is 10.0 Å². The quantitative estimate of drug-likeness (QED) is 0.793. The minimum Gasteiger partial charge on any atom is -0.486 e. The van der Waals surface area contributed by atoms with Crippen LogP contribution in [0, 0.1) is 6.92 Å². The van der Waals surface area contributed by atoms with E-state index in [1.807, 2.05) is 25.1 Å². The topological polar surface area (TPSA) is 63.7 Å². The fraction of sp³-hybridized carbons (Fsp3) is 0.533. The van der Waals surface area contributed by atoms with Gasteiger partial charge in [-0.2, -0.15) is 0 Å². The van der Waals surface area contributed by atoms with E-state index in [2.05, 4.69) is 0 Å². The van der Waals surface area contributed by atoms with Gasteiger partial charge in [-0.25, -0.2) is 12.7 Å². The molecule has 0 radical (unpaired) electrons. The van der Waals surface area contributed by atoms with Crippen LogP contribution in [0.25, 0.3) is 0 Å². The Balaban J connectivity index is 1.84. The summed E-state index contributed by atoms with van der Waals surface area (Å²) in [7, 11) is -3.17. The van der Waals surface area contributed by atoms with Crippen molar-refractivity contribution < 1.29 is 17.9 Å². The van der Waals surface area contributed by atoms with Gasteiger partial charge in [-0.3, -0.25) is 4.79 Å². The number of nitrogens with zero attached hydrogens (tertiary/aromatic N) is 1. The molecule has 6 heteroatoms. The van der Waals surface area contributed by atoms with Crippen molar-refractivity contribution in [3.05, 3.63) is 29.3 Å². The van der Waals surface area contributed by atoms with Crippen LogP contribution in [0.2, 0.25) is 0 Å². The highest BCUT2D eigenvalue weighted by Gasteiger charge is 2.44. The Morgan fingerprint density at radius 2 is 1.90 bits per heavy atom. The number of hydrogen-bond donors (Lipinski definition) is 0. The second-order valence-corrected chi connectivity index (χ2v) is 8.03. The van der Waals surface area contributed by atoms with E-state index < -0.39 is 15.6 Å². The number of ketones is 1. The van der Waals surface area contributed by atoms with Crippen molar-refractivity contribution in [2.24, 2.45) is 0 Å². The summed E-state index contributed by atoms with van der Waals surface area (Å²) in [6, 6.07) is 5.62. The minimum atomic E-state index is -3.17. The lowest BCUT2D eigenvalue weighted by Crippen LogP contribution is -2.52. The molecule has 0 aromatic heterocycles. The number of ether oxygens (including phenoxy) is 1. The molecule has 2 aliphatic heterocycles. The summed E-state index contributed by atoms with van der Waals surface area (Å²) in [5.41, 5.74) is 1.14. The Labute approximate surface area is 124 Å². The van der Waals surface area contributed by atoms with Gasteiger partial charge in [0.25, 0.3) is 0 Å². The smallest absolute Gasteiger partial charge is 0.211 e. The van der Waals surface area contributed by atoms with Crippen molar-refractivity contribution in [3.8, 4) is 5.75 Å². The summed E-state index contributed by atoms with van der Waals surface area (Å²) in [4.78, 5) is 12.4. The highest BCUT2D eigenvalue weighted by atomic mass is 32.2. The Bertz CT molecular complexity index is 688. The first-order valence-corrected chi connectivity index (χ1v) is 8.92. The fourth-order valence-electron chi connectivity index (χ4n) is 3.11. The zero-order valence-electron chi connectivity index (χ0n) is 12.3. The molecule has 0 unspecified atom stereocenters. The molecule has 114 valence electrons. The molecule has 1 fully saturated rings. The molecule has 2 aliphatic rings. The molecular formula is C15H19NO4S. The van der Waals surface area contributed by atoms with Crippen LogP contribution in [-0.2, 0) is 10.0 Å². The minimum absolute atomic E-state index is 0.0905. The number of sulfonamides is 1. The van der Waals surface area contributed by atoms with Crippen LogP contribution in [-0.4, -0.2) is 43.5 Å². The molecule has 0 bridgehead atoms. The third kappa shape index (κ3) is 2.70. The Morgan fingerprint density at radius 3 is 2.52 bits per heavy atom. The lowest BCUT2D eigenvalue weighted by Gasteiger charge is -2.43. The van der Waals surface area contributed by atoms with Gasteiger partial charge >= 0.3 is 0 Å². The van der Waals surface area contributed by atoms with Gasteiger partial charge in [-0.1, -0.05) is 11.6 Å². The van der Waals surface area contributed by atoms with Gasteiger partial charge in [0, 0.05) is 25.9 Å². The Kier molecular flexibility index (Phi) is 3.33. The molecule has 0 saturated carbocycles. The van der Waals surface area contributed by atoms with E-state index in [0.717, 1.165) is 5.56 Å². The predicted molar refractivity (Wildman–Crippen MR) is 79.1 cm³/mol. The largest absolute Gasteiger partial charge is 0.486 e. The van der Waals surface area contributed by atoms with Gasteiger partial charge in [-0.15, -0.1) is 0 Å². The van der Waals surface area contributed by atoms with Crippen LogP contribution in [0.5, 0.6) is 5.75 Å². The number of carbonyl (C=O) groups excluding carboxylic acids is 1. The first kappa shape index (κ1) is 14.5. The number of hydrogen-bond acceptors (Lipinski definition) is 4. The van der Waals surface area contributed by atoms with Crippen molar-refractivity contribution in [1.29, 1.82) is 0 Å². The Morgan fingerprint density at radius 1 is 1.24 bits per heavy atom. The zero-order valence-corrected chi connectivity index (χ0v) is 13.1. The summed E-state index contributed by atoms with van der Waals surface area (Å²) in [5.74, 6) is 0.720. The molecule has 0 amide bonds. The average Bonchev–Trinajstić information content (AvgIpc) is 2.39. The molecule has 1 aromatic carbocycles. The van der Waals surface area contributed by atoms with Gasteiger partial charge in [-0.05, 0) is 19.1 Å². The molecule has 0 aliphatic carbocycles. The summed E-state index contributed by atoms with van der Waals surface area (Å²) in [6.07, 6.45) is 2.66. The van der Waals surface area contributed by atoms with Crippen molar-refractivity contribution in [2.45, 2.75) is 31.8 Å². The van der Waals surface area contributed by atoms with E-state index in [9.17, 15) is 13.2 Å². The lowest BCUT2D eigenvalue weighted by molar-refractivity contribution is 0.00600. The van der Waals surface area contributed by atoms with Crippen molar-refractivity contribution in [1.82, 2.24) is 4.31 Å². The lowest BCUT2D eigenvalue weighted by atomic mass is 9.83. The molecule has 1 saturated heterocycles. The molecular weight excluding hydrogens is 290 g/mol. The summed E-state index contributed by atoms with van der Waals surface area (Å²) >= 11 is 0. The third-order valence-corrected chi connectivity index (χ3v) is 5.65. The van der Waals surface area contributed by atoms with Crippen LogP contribution < -0.4 is 4.74 Å². The second-order valence-electron chi connectivity index (χ2n) is 6.05. The fourth-order valence-corrected chi connectivity index (χ4v) is 3.96. The number of benzene rings is 1. The number of piperidine rings is 1. The van der Waals surface area contributed by atoms with E-state index in [4.69, 9.17) is 4.74 Å². The average molecular weight is 309 g/mol. The maximum absolute atomic E-state index is 12.4. The first-order valence-electron chi connectivity index (χ1n) is 7.07. The maximum atomic E-state index is 12.4. The predicted octanol–water partition coefficient (Wildman–Crippen LogP) is 1.75. The SMILES string of the molecule is Cc1ccc2c(c1)C(=O)CC1(CCN(S(C)(=O)=O)CC1)O2. The van der Waals surface area contributed by atoms with Gasteiger partial charge in [0.1, 0.15) is 11.4 Å². The number of Topliss-reactive ketones (excluding diaryl/α,β-unsaturated/α-hetero) is 1. The van der Waals surface area contributed by atoms with Crippen LogP contribution in [0.4, 0.5) is 0 Å². The highest BCUT2D eigenvalue weighted by molar-refractivity contribution is 7.88. The summed E-state index contributed by atoms with van der Waals surface area (Å²) in [5, 5.41) is 0. The van der Waals surface area contributed by atoms with Crippen LogP contribution in [0.15, 0.2) is 18.2 Å². The van der Waals surface area contributed by atoms with Crippen molar-refractivity contribution in [3.63, 3.8) is 0 Å². The van der Waals surface area contributed by atoms with E-state index in [-0.39, 0.29) is 5.78 Å². The maximum Gasteiger partial charge on any atom is 0.211 e. The van der Waals surface area contributed by atoms with Gasteiger partial charge < -0.3 is 4.74 Å². The number of rotatable bonds is 1. The Hall–Kier alpha value is -1.40. The monoisotopic (exact) mass is 309 g/mol. The van der Waals surface area contributed by atoms with Gasteiger partial charge in [0.05, 0.1) is 18.2 Å². The van der Waals surface area contributed by atoms with E-state index >= 15 is 0 Å².